The van der Waals surface area contributed by atoms with E-state index in [1.807, 2.05) is 6.07 Å². The van der Waals surface area contributed by atoms with E-state index in [-0.39, 0.29) is 16.2 Å². The Morgan fingerprint density at radius 1 is 1.43 bits per heavy atom. The molecule has 1 unspecified atom stereocenters. The third kappa shape index (κ3) is 4.12. The van der Waals surface area contributed by atoms with Crippen LogP contribution in [0.1, 0.15) is 19.4 Å². The van der Waals surface area contributed by atoms with Crippen molar-refractivity contribution in [2.24, 2.45) is 0 Å². The molecule has 1 rings (SSSR count). The van der Waals surface area contributed by atoms with Crippen molar-refractivity contribution >= 4 is 26.6 Å². The fourth-order valence-corrected chi connectivity index (χ4v) is 4.43. The molecule has 0 aliphatic heterocycles. The fraction of sp³-hybridized carbons (Fsp3) is 0.385. The Morgan fingerprint density at radius 3 is 2.57 bits per heavy atom. The van der Waals surface area contributed by atoms with Gasteiger partial charge in [0.2, 0.25) is 0 Å². The second-order valence-electron chi connectivity index (χ2n) is 4.82. The lowest BCUT2D eigenvalue weighted by Gasteiger charge is -2.18. The lowest BCUT2D eigenvalue weighted by Crippen LogP contribution is -2.38. The van der Waals surface area contributed by atoms with Crippen molar-refractivity contribution in [3.05, 3.63) is 29.8 Å². The van der Waals surface area contributed by atoms with E-state index in [2.05, 4.69) is 0 Å². The van der Waals surface area contributed by atoms with Gasteiger partial charge in [-0.3, -0.25) is 9.00 Å². The molecule has 1 aromatic rings. The van der Waals surface area contributed by atoms with Crippen molar-refractivity contribution in [2.75, 3.05) is 11.5 Å². The maximum Gasteiger partial charge on any atom is 0.321 e. The zero-order chi connectivity index (χ0) is 16.3. The fourth-order valence-electron chi connectivity index (χ4n) is 1.41. The molecule has 1 N–H and O–H groups in total. The Bertz CT molecular complexity index is 716. The molecule has 1 atom stereocenters. The minimum absolute atomic E-state index is 0.0355. The van der Waals surface area contributed by atoms with Crippen molar-refractivity contribution in [3.63, 3.8) is 0 Å². The highest BCUT2D eigenvalue weighted by Gasteiger charge is 2.35. The summed E-state index contributed by atoms with van der Waals surface area (Å²) >= 11 is 0. The molecule has 0 saturated heterocycles. The number of carboxylic acids is 1. The normalized spacial score (nSPS) is 13.4. The predicted molar refractivity (Wildman–Crippen MR) is 77.9 cm³/mol. The number of nitriles is 1. The molecule has 0 radical (unpaired) electrons. The van der Waals surface area contributed by atoms with Gasteiger partial charge in [-0.15, -0.1) is 0 Å². The number of hydrogen-bond donors (Lipinski definition) is 1. The standard InChI is InChI=1S/C13H15NO5S2/c1-13(2,12(15)16)20(17)6-7-21(18,19)11-5-3-4-10(8-11)9-14/h3-5,8H,6-7H2,1-2H3,(H,15,16). The average Bonchev–Trinajstić information content (AvgIpc) is 2.44. The molecule has 1 aromatic carbocycles. The van der Waals surface area contributed by atoms with Crippen LogP contribution in [-0.4, -0.2) is 40.0 Å². The number of carboxylic acid groups (broad SMARTS) is 1. The third-order valence-electron chi connectivity index (χ3n) is 2.94. The van der Waals surface area contributed by atoms with Crippen LogP contribution in [0.2, 0.25) is 0 Å². The lowest BCUT2D eigenvalue weighted by molar-refractivity contribution is -0.139. The predicted octanol–water partition coefficient (Wildman–Crippen LogP) is 0.944. The van der Waals surface area contributed by atoms with Crippen molar-refractivity contribution < 1.29 is 22.5 Å². The molecule has 0 amide bonds. The summed E-state index contributed by atoms with van der Waals surface area (Å²) in [4.78, 5) is 10.9. The second kappa shape index (κ2) is 6.37. The van der Waals surface area contributed by atoms with Crippen LogP contribution in [0.3, 0.4) is 0 Å². The van der Waals surface area contributed by atoms with Crippen molar-refractivity contribution in [1.29, 1.82) is 5.26 Å². The van der Waals surface area contributed by atoms with Crippen LogP contribution in [0, 0.1) is 11.3 Å². The molecule has 0 fully saturated rings. The van der Waals surface area contributed by atoms with Crippen LogP contribution in [0.15, 0.2) is 29.2 Å². The molecule has 0 aromatic heterocycles. The molecule has 114 valence electrons. The number of rotatable bonds is 6. The lowest BCUT2D eigenvalue weighted by atomic mass is 10.2. The summed E-state index contributed by atoms with van der Waals surface area (Å²) in [5, 5.41) is 17.7. The van der Waals surface area contributed by atoms with Gasteiger partial charge in [-0.25, -0.2) is 8.42 Å². The highest BCUT2D eigenvalue weighted by atomic mass is 32.2. The molecule has 0 heterocycles. The minimum atomic E-state index is -3.71. The maximum atomic E-state index is 12.1. The van der Waals surface area contributed by atoms with E-state index in [1.165, 1.54) is 38.1 Å². The van der Waals surface area contributed by atoms with Crippen molar-refractivity contribution in [3.8, 4) is 6.07 Å². The summed E-state index contributed by atoms with van der Waals surface area (Å²) in [5.74, 6) is -1.96. The van der Waals surface area contributed by atoms with E-state index in [4.69, 9.17) is 10.4 Å². The van der Waals surface area contributed by atoms with Crippen LogP contribution >= 0.6 is 0 Å². The number of benzene rings is 1. The zero-order valence-corrected chi connectivity index (χ0v) is 13.2. The number of aliphatic carboxylic acids is 1. The van der Waals surface area contributed by atoms with Gasteiger partial charge in [0.1, 0.15) is 4.75 Å². The third-order valence-corrected chi connectivity index (χ3v) is 6.80. The van der Waals surface area contributed by atoms with Gasteiger partial charge in [-0.2, -0.15) is 5.26 Å². The first-order valence-electron chi connectivity index (χ1n) is 5.96. The number of sulfone groups is 1. The summed E-state index contributed by atoms with van der Waals surface area (Å²) in [6.07, 6.45) is 0. The van der Waals surface area contributed by atoms with E-state index in [9.17, 15) is 17.4 Å². The first kappa shape index (κ1) is 17.3. The Kier molecular flexibility index (Phi) is 5.25. The van der Waals surface area contributed by atoms with Gasteiger partial charge in [0.15, 0.2) is 9.84 Å². The van der Waals surface area contributed by atoms with Crippen LogP contribution < -0.4 is 0 Å². The summed E-state index contributed by atoms with van der Waals surface area (Å²) in [6, 6.07) is 7.35. The summed E-state index contributed by atoms with van der Waals surface area (Å²) in [5.41, 5.74) is 0.211. The van der Waals surface area contributed by atoms with E-state index >= 15 is 0 Å². The Labute approximate surface area is 125 Å². The summed E-state index contributed by atoms with van der Waals surface area (Å²) < 4.78 is 34.6. The van der Waals surface area contributed by atoms with Crippen LogP contribution in [0.5, 0.6) is 0 Å². The van der Waals surface area contributed by atoms with E-state index < -0.39 is 37.1 Å². The van der Waals surface area contributed by atoms with Gasteiger partial charge >= 0.3 is 5.97 Å². The van der Waals surface area contributed by atoms with Crippen LogP contribution in [-0.2, 0) is 25.4 Å². The van der Waals surface area contributed by atoms with Crippen LogP contribution in [0.4, 0.5) is 0 Å². The van der Waals surface area contributed by atoms with E-state index in [0.717, 1.165) is 0 Å². The topological polar surface area (TPSA) is 112 Å². The smallest absolute Gasteiger partial charge is 0.321 e. The van der Waals surface area contributed by atoms with Gasteiger partial charge in [-0.1, -0.05) is 6.07 Å². The molecule has 0 bridgehead atoms. The SMILES string of the molecule is CC(C)(C(=O)O)S(=O)CCS(=O)(=O)c1cccc(C#N)c1. The monoisotopic (exact) mass is 329 g/mol. The summed E-state index contributed by atoms with van der Waals surface area (Å²) in [7, 11) is -5.54. The minimum Gasteiger partial charge on any atom is -0.480 e. The zero-order valence-electron chi connectivity index (χ0n) is 11.6. The molecule has 0 saturated carbocycles. The molecule has 0 aliphatic rings. The molecule has 0 aliphatic carbocycles. The Hall–Kier alpha value is -1.72. The number of nitrogens with zero attached hydrogens (tertiary/aromatic N) is 1. The molecular weight excluding hydrogens is 314 g/mol. The van der Waals surface area contributed by atoms with Crippen molar-refractivity contribution in [1.82, 2.24) is 0 Å². The number of hydrogen-bond acceptors (Lipinski definition) is 5. The number of carbonyl (C=O) groups is 1. The average molecular weight is 329 g/mol. The quantitative estimate of drug-likeness (QED) is 0.831. The molecule has 21 heavy (non-hydrogen) atoms. The second-order valence-corrected chi connectivity index (χ2v) is 9.05. The van der Waals surface area contributed by atoms with Gasteiger partial charge in [0.05, 0.1) is 22.3 Å². The molecular formula is C13H15NO5S2. The van der Waals surface area contributed by atoms with Crippen LogP contribution in [0.25, 0.3) is 0 Å². The molecule has 6 nitrogen and oxygen atoms in total. The first-order valence-corrected chi connectivity index (χ1v) is 8.93. The van der Waals surface area contributed by atoms with Gasteiger partial charge in [-0.05, 0) is 32.0 Å². The van der Waals surface area contributed by atoms with E-state index in [0.29, 0.717) is 0 Å². The van der Waals surface area contributed by atoms with Gasteiger partial charge < -0.3 is 5.11 Å². The summed E-state index contributed by atoms with van der Waals surface area (Å²) in [6.45, 7) is 2.57. The molecule has 0 spiro atoms. The Balaban J connectivity index is 2.90. The largest absolute Gasteiger partial charge is 0.480 e. The van der Waals surface area contributed by atoms with Crippen molar-refractivity contribution in [2.45, 2.75) is 23.5 Å². The van der Waals surface area contributed by atoms with E-state index in [1.54, 1.807) is 0 Å². The van der Waals surface area contributed by atoms with Gasteiger partial charge in [0, 0.05) is 16.6 Å². The molecule has 8 heteroatoms. The first-order chi connectivity index (χ1) is 9.61. The Morgan fingerprint density at radius 2 is 2.05 bits per heavy atom. The highest BCUT2D eigenvalue weighted by Crippen LogP contribution is 2.17. The van der Waals surface area contributed by atoms with Gasteiger partial charge in [0.25, 0.3) is 0 Å². The maximum absolute atomic E-state index is 12.1. The highest BCUT2D eigenvalue weighted by molar-refractivity contribution is 7.93.